The Morgan fingerprint density at radius 2 is 2.05 bits per heavy atom. The number of aromatic carboxylic acids is 1. The van der Waals surface area contributed by atoms with E-state index < -0.39 is 5.97 Å². The molecule has 0 spiro atoms. The molecule has 0 aliphatic carbocycles. The van der Waals surface area contributed by atoms with E-state index in [-0.39, 0.29) is 11.6 Å². The van der Waals surface area contributed by atoms with Crippen molar-refractivity contribution in [2.75, 3.05) is 18.0 Å². The van der Waals surface area contributed by atoms with Gasteiger partial charge in [-0.1, -0.05) is 6.07 Å². The van der Waals surface area contributed by atoms with E-state index in [0.29, 0.717) is 25.5 Å². The highest BCUT2D eigenvalue weighted by atomic mass is 16.4. The van der Waals surface area contributed by atoms with Gasteiger partial charge in [0, 0.05) is 31.0 Å². The van der Waals surface area contributed by atoms with Crippen LogP contribution < -0.4 is 10.0 Å². The van der Waals surface area contributed by atoms with Crippen LogP contribution in [0.3, 0.4) is 0 Å². The van der Waals surface area contributed by atoms with Crippen molar-refractivity contribution in [3.05, 3.63) is 54.0 Å². The van der Waals surface area contributed by atoms with Crippen LogP contribution in [0.5, 0.6) is 0 Å². The maximum atomic E-state index is 12.4. The summed E-state index contributed by atoms with van der Waals surface area (Å²) in [7, 11) is 0. The molecule has 2 aromatic heterocycles. The highest BCUT2D eigenvalue weighted by Gasteiger charge is 2.30. The summed E-state index contributed by atoms with van der Waals surface area (Å²) < 4.78 is 0. The largest absolute Gasteiger partial charge is 0.545 e. The molecular formula is C15H13N4O3-. The first-order valence-electron chi connectivity index (χ1n) is 6.79. The number of amides is 2. The molecule has 3 heterocycles. The van der Waals surface area contributed by atoms with Gasteiger partial charge in [-0.3, -0.25) is 9.88 Å². The van der Waals surface area contributed by atoms with Gasteiger partial charge in [-0.25, -0.2) is 9.78 Å². The van der Waals surface area contributed by atoms with E-state index in [2.05, 4.69) is 9.97 Å². The third kappa shape index (κ3) is 2.73. The third-order valence-corrected chi connectivity index (χ3v) is 3.43. The number of anilines is 1. The molecule has 0 atom stereocenters. The summed E-state index contributed by atoms with van der Waals surface area (Å²) in [5.74, 6) is -0.976. The Bertz CT molecular complexity index is 705. The lowest BCUT2D eigenvalue weighted by atomic mass is 10.2. The van der Waals surface area contributed by atoms with Gasteiger partial charge >= 0.3 is 6.03 Å². The van der Waals surface area contributed by atoms with Crippen molar-refractivity contribution in [3.8, 4) is 0 Å². The van der Waals surface area contributed by atoms with Crippen LogP contribution in [0.1, 0.15) is 16.1 Å². The summed E-state index contributed by atoms with van der Waals surface area (Å²) in [6.07, 6.45) is 3.04. The van der Waals surface area contributed by atoms with Crippen molar-refractivity contribution in [1.82, 2.24) is 14.9 Å². The topological polar surface area (TPSA) is 89.5 Å². The molecule has 112 valence electrons. The number of urea groups is 1. The van der Waals surface area contributed by atoms with Gasteiger partial charge in [0.25, 0.3) is 0 Å². The Kier molecular flexibility index (Phi) is 3.69. The fraction of sp³-hybridized carbons (Fsp3) is 0.200. The summed E-state index contributed by atoms with van der Waals surface area (Å²) in [5.41, 5.74) is 0.801. The van der Waals surface area contributed by atoms with Gasteiger partial charge in [0.15, 0.2) is 0 Å². The molecule has 1 saturated heterocycles. The van der Waals surface area contributed by atoms with Gasteiger partial charge in [-0.2, -0.15) is 0 Å². The zero-order chi connectivity index (χ0) is 15.5. The molecule has 2 aromatic rings. The van der Waals surface area contributed by atoms with Crippen molar-refractivity contribution in [2.45, 2.75) is 6.54 Å². The Morgan fingerprint density at radius 3 is 2.77 bits per heavy atom. The Morgan fingerprint density at radius 1 is 1.18 bits per heavy atom. The molecule has 0 radical (unpaired) electrons. The summed E-state index contributed by atoms with van der Waals surface area (Å²) in [5, 5.41) is 10.9. The van der Waals surface area contributed by atoms with E-state index in [1.165, 1.54) is 23.2 Å². The number of carboxylic acid groups (broad SMARTS) is 1. The van der Waals surface area contributed by atoms with Gasteiger partial charge in [-0.15, -0.1) is 0 Å². The quantitative estimate of drug-likeness (QED) is 0.808. The standard InChI is InChI=1S/C15H14N4O3/c20-14(21)11-4-6-17-13(9-11)19-8-7-18(15(19)22)10-12-3-1-2-5-16-12/h1-6,9H,7-8,10H2,(H,20,21)/p-1. The first-order valence-corrected chi connectivity index (χ1v) is 6.79. The molecule has 1 aliphatic rings. The molecule has 0 bridgehead atoms. The number of hydrogen-bond acceptors (Lipinski definition) is 5. The number of carbonyl (C=O) groups excluding carboxylic acids is 2. The van der Waals surface area contributed by atoms with Crippen molar-refractivity contribution in [2.24, 2.45) is 0 Å². The molecule has 0 N–H and O–H groups in total. The van der Waals surface area contributed by atoms with E-state index in [0.717, 1.165) is 5.69 Å². The van der Waals surface area contributed by atoms with Crippen LogP contribution in [0.15, 0.2) is 42.7 Å². The maximum Gasteiger partial charge on any atom is 0.326 e. The van der Waals surface area contributed by atoms with E-state index in [1.807, 2.05) is 18.2 Å². The highest BCUT2D eigenvalue weighted by molar-refractivity contribution is 5.94. The number of hydrogen-bond donors (Lipinski definition) is 0. The van der Waals surface area contributed by atoms with Crippen molar-refractivity contribution >= 4 is 17.8 Å². The second-order valence-electron chi connectivity index (χ2n) is 4.87. The second kappa shape index (κ2) is 5.80. The van der Waals surface area contributed by atoms with E-state index >= 15 is 0 Å². The van der Waals surface area contributed by atoms with Crippen LogP contribution in [-0.2, 0) is 6.54 Å². The lowest BCUT2D eigenvalue weighted by Gasteiger charge is -2.18. The maximum absolute atomic E-state index is 12.4. The number of carbonyl (C=O) groups is 2. The average Bonchev–Trinajstić information content (AvgIpc) is 2.89. The molecule has 7 heteroatoms. The van der Waals surface area contributed by atoms with Crippen LogP contribution in [-0.4, -0.2) is 40.0 Å². The molecule has 2 amide bonds. The predicted molar refractivity (Wildman–Crippen MR) is 76.0 cm³/mol. The number of carboxylic acids is 1. The zero-order valence-electron chi connectivity index (χ0n) is 11.7. The monoisotopic (exact) mass is 297 g/mol. The molecule has 22 heavy (non-hydrogen) atoms. The molecule has 1 aliphatic heterocycles. The minimum Gasteiger partial charge on any atom is -0.545 e. The summed E-state index contributed by atoms with van der Waals surface area (Å²) >= 11 is 0. The van der Waals surface area contributed by atoms with Crippen molar-refractivity contribution in [1.29, 1.82) is 0 Å². The zero-order valence-corrected chi connectivity index (χ0v) is 11.7. The smallest absolute Gasteiger partial charge is 0.326 e. The predicted octanol–water partition coefficient (Wildman–Crippen LogP) is 0.282. The molecule has 0 unspecified atom stereocenters. The lowest BCUT2D eigenvalue weighted by molar-refractivity contribution is -0.255. The first kappa shape index (κ1) is 14.0. The van der Waals surface area contributed by atoms with Crippen molar-refractivity contribution < 1.29 is 14.7 Å². The molecule has 3 rings (SSSR count). The van der Waals surface area contributed by atoms with Gasteiger partial charge < -0.3 is 14.8 Å². The van der Waals surface area contributed by atoms with Gasteiger partial charge in [0.2, 0.25) is 0 Å². The minimum atomic E-state index is -1.29. The van der Waals surface area contributed by atoms with Crippen LogP contribution >= 0.6 is 0 Å². The summed E-state index contributed by atoms with van der Waals surface area (Å²) in [6, 6.07) is 8.00. The van der Waals surface area contributed by atoms with Gasteiger partial charge in [0.05, 0.1) is 18.2 Å². The van der Waals surface area contributed by atoms with E-state index in [1.54, 1.807) is 11.1 Å². The van der Waals surface area contributed by atoms with Crippen LogP contribution in [0, 0.1) is 0 Å². The Labute approximate surface area is 126 Å². The minimum absolute atomic E-state index is 0.000904. The average molecular weight is 297 g/mol. The van der Waals surface area contributed by atoms with Crippen molar-refractivity contribution in [3.63, 3.8) is 0 Å². The molecule has 1 fully saturated rings. The Balaban J connectivity index is 1.76. The number of nitrogens with zero attached hydrogens (tertiary/aromatic N) is 4. The Hall–Kier alpha value is -2.96. The van der Waals surface area contributed by atoms with Gasteiger partial charge in [-0.05, 0) is 24.3 Å². The summed E-state index contributed by atoms with van der Waals surface area (Å²) in [4.78, 5) is 34.7. The molecule has 0 aromatic carbocycles. The van der Waals surface area contributed by atoms with Crippen LogP contribution in [0.2, 0.25) is 0 Å². The lowest BCUT2D eigenvalue weighted by Crippen LogP contribution is -2.32. The number of rotatable bonds is 4. The third-order valence-electron chi connectivity index (χ3n) is 3.43. The second-order valence-corrected chi connectivity index (χ2v) is 4.87. The number of aromatic nitrogens is 2. The molecule has 0 saturated carbocycles. The van der Waals surface area contributed by atoms with Gasteiger partial charge in [0.1, 0.15) is 5.82 Å². The fourth-order valence-corrected chi connectivity index (χ4v) is 2.32. The van der Waals surface area contributed by atoms with Crippen LogP contribution in [0.25, 0.3) is 0 Å². The van der Waals surface area contributed by atoms with Crippen LogP contribution in [0.4, 0.5) is 10.6 Å². The molecular weight excluding hydrogens is 284 g/mol. The first-order chi connectivity index (χ1) is 10.6. The fourth-order valence-electron chi connectivity index (χ4n) is 2.32. The SMILES string of the molecule is O=C([O-])c1ccnc(N2CCN(Cc3ccccn3)C2=O)c1. The van der Waals surface area contributed by atoms with E-state index in [9.17, 15) is 14.7 Å². The molecule has 7 nitrogen and oxygen atoms in total. The normalized spacial score (nSPS) is 14.5. The summed E-state index contributed by atoms with van der Waals surface area (Å²) in [6.45, 7) is 1.40. The number of pyridine rings is 2. The van der Waals surface area contributed by atoms with E-state index in [4.69, 9.17) is 0 Å². The highest BCUT2D eigenvalue weighted by Crippen LogP contribution is 2.20.